The molecule has 0 atom stereocenters. The molecule has 0 unspecified atom stereocenters. The van der Waals surface area contributed by atoms with E-state index in [0.29, 0.717) is 10.6 Å². The second-order valence-corrected chi connectivity index (χ2v) is 7.19. The van der Waals surface area contributed by atoms with Crippen molar-refractivity contribution in [2.75, 3.05) is 0 Å². The minimum atomic E-state index is -0.339. The molecule has 2 amide bonds. The zero-order valence-electron chi connectivity index (χ0n) is 14.3. The molecule has 3 aromatic rings. The van der Waals surface area contributed by atoms with Crippen LogP contribution >= 0.6 is 11.3 Å². The molecule has 0 saturated heterocycles. The van der Waals surface area contributed by atoms with Crippen molar-refractivity contribution in [1.82, 2.24) is 20.8 Å². The molecule has 0 aliphatic carbocycles. The van der Waals surface area contributed by atoms with Gasteiger partial charge in [0.25, 0.3) is 5.91 Å². The maximum atomic E-state index is 12.3. The highest BCUT2D eigenvalue weighted by molar-refractivity contribution is 7.13. The van der Waals surface area contributed by atoms with Gasteiger partial charge in [0.15, 0.2) is 0 Å². The third-order valence-corrected chi connectivity index (χ3v) is 5.31. The molecule has 130 valence electrons. The zero-order chi connectivity index (χ0) is 18.0. The average Bonchev–Trinajstić information content (AvgIpc) is 3.17. The van der Waals surface area contributed by atoms with Crippen LogP contribution in [-0.2, 0) is 11.2 Å². The van der Waals surface area contributed by atoms with E-state index in [1.165, 1.54) is 11.3 Å². The molecule has 2 aromatic heterocycles. The molecule has 2 heterocycles. The minimum absolute atomic E-state index is 0.184. The van der Waals surface area contributed by atoms with Crippen molar-refractivity contribution in [2.24, 2.45) is 0 Å². The minimum Gasteiger partial charge on any atom is -0.361 e. The summed E-state index contributed by atoms with van der Waals surface area (Å²) in [4.78, 5) is 32.4. The fourth-order valence-corrected chi connectivity index (χ4v) is 3.52. The lowest BCUT2D eigenvalue weighted by molar-refractivity contribution is -0.121. The van der Waals surface area contributed by atoms with E-state index in [1.807, 2.05) is 44.3 Å². The number of hydrazine groups is 1. The molecule has 6 nitrogen and oxygen atoms in total. The van der Waals surface area contributed by atoms with Crippen LogP contribution in [0.3, 0.4) is 0 Å². The number of amides is 2. The van der Waals surface area contributed by atoms with E-state index < -0.39 is 0 Å². The Hall–Kier alpha value is -2.67. The smallest absolute Gasteiger partial charge is 0.281 e. The molecule has 3 N–H and O–H groups in total. The average molecular weight is 356 g/mol. The first-order chi connectivity index (χ1) is 12.0. The number of carbonyl (C=O) groups is 2. The number of aromatic amines is 1. The summed E-state index contributed by atoms with van der Waals surface area (Å²) >= 11 is 1.36. The van der Waals surface area contributed by atoms with Gasteiger partial charge >= 0.3 is 0 Å². The number of benzene rings is 1. The van der Waals surface area contributed by atoms with Crippen LogP contribution in [0, 0.1) is 6.92 Å². The Morgan fingerprint density at radius 1 is 1.24 bits per heavy atom. The summed E-state index contributed by atoms with van der Waals surface area (Å²) < 4.78 is 0. The third kappa shape index (κ3) is 3.71. The number of thiazole rings is 1. The molecule has 7 heteroatoms. The summed E-state index contributed by atoms with van der Waals surface area (Å²) in [5.74, 6) is -0.347. The Kier molecular flexibility index (Phi) is 4.85. The number of aryl methyl sites for hydroxylation is 1. The molecule has 0 fully saturated rings. The lowest BCUT2D eigenvalue weighted by Crippen LogP contribution is -2.42. The summed E-state index contributed by atoms with van der Waals surface area (Å²) in [6.07, 6.45) is 2.00. The molecular formula is C18H20N4O2S. The highest BCUT2D eigenvalue weighted by Gasteiger charge is 2.17. The number of nitrogens with zero attached hydrogens (tertiary/aromatic N) is 1. The molecule has 0 saturated carbocycles. The standard InChI is InChI=1S/C18H20N4O2S/c1-10(2)18-20-11(3)16(25-18)17(24)22-21-15(23)8-12-9-19-14-7-5-4-6-13(12)14/h4-7,9-10,19H,8H2,1-3H3,(H,21,23)(H,22,24). The fraction of sp³-hybridized carbons (Fsp3) is 0.278. The lowest BCUT2D eigenvalue weighted by Gasteiger charge is -2.06. The van der Waals surface area contributed by atoms with Gasteiger partial charge < -0.3 is 4.98 Å². The van der Waals surface area contributed by atoms with Crippen LogP contribution in [0.1, 0.15) is 45.7 Å². The molecule has 3 rings (SSSR count). The molecular weight excluding hydrogens is 336 g/mol. The number of para-hydroxylation sites is 1. The van der Waals surface area contributed by atoms with Gasteiger partial charge in [-0.25, -0.2) is 4.98 Å². The van der Waals surface area contributed by atoms with Crippen LogP contribution < -0.4 is 10.9 Å². The Bertz CT molecular complexity index is 926. The van der Waals surface area contributed by atoms with Gasteiger partial charge in [-0.1, -0.05) is 32.0 Å². The summed E-state index contributed by atoms with van der Waals surface area (Å²) in [5.41, 5.74) is 7.50. The number of hydrogen-bond acceptors (Lipinski definition) is 4. The monoisotopic (exact) mass is 356 g/mol. The number of aromatic nitrogens is 2. The van der Waals surface area contributed by atoms with Crippen molar-refractivity contribution in [3.8, 4) is 0 Å². The fourth-order valence-electron chi connectivity index (χ4n) is 2.55. The molecule has 0 radical (unpaired) electrons. The molecule has 0 aliphatic rings. The Morgan fingerprint density at radius 3 is 2.72 bits per heavy atom. The Balaban J connectivity index is 1.61. The summed E-state index contributed by atoms with van der Waals surface area (Å²) in [5, 5.41) is 1.91. The van der Waals surface area contributed by atoms with Crippen LogP contribution in [0.15, 0.2) is 30.5 Å². The summed E-state index contributed by atoms with van der Waals surface area (Å²) in [6.45, 7) is 5.86. The van der Waals surface area contributed by atoms with E-state index in [-0.39, 0.29) is 24.2 Å². The topological polar surface area (TPSA) is 86.9 Å². The Labute approximate surface area is 149 Å². The van der Waals surface area contributed by atoms with Gasteiger partial charge in [0.2, 0.25) is 5.91 Å². The van der Waals surface area contributed by atoms with Gasteiger partial charge in [0.1, 0.15) is 4.88 Å². The van der Waals surface area contributed by atoms with Crippen molar-refractivity contribution in [3.05, 3.63) is 51.6 Å². The quantitative estimate of drug-likeness (QED) is 0.628. The van der Waals surface area contributed by atoms with Crippen molar-refractivity contribution in [1.29, 1.82) is 0 Å². The van der Waals surface area contributed by atoms with Crippen molar-refractivity contribution in [3.63, 3.8) is 0 Å². The van der Waals surface area contributed by atoms with Gasteiger partial charge in [0, 0.05) is 23.0 Å². The predicted octanol–water partition coefficient (Wildman–Crippen LogP) is 3.06. The number of hydrogen-bond donors (Lipinski definition) is 3. The van der Waals surface area contributed by atoms with Gasteiger partial charge in [-0.3, -0.25) is 20.4 Å². The van der Waals surface area contributed by atoms with Crippen molar-refractivity contribution < 1.29 is 9.59 Å². The van der Waals surface area contributed by atoms with Gasteiger partial charge in [-0.05, 0) is 18.6 Å². The van der Waals surface area contributed by atoms with Crippen LogP contribution in [-0.4, -0.2) is 21.8 Å². The van der Waals surface area contributed by atoms with E-state index in [1.54, 1.807) is 6.92 Å². The lowest BCUT2D eigenvalue weighted by atomic mass is 10.1. The van der Waals surface area contributed by atoms with Gasteiger partial charge in [-0.2, -0.15) is 0 Å². The molecule has 0 aliphatic heterocycles. The van der Waals surface area contributed by atoms with Gasteiger partial charge in [0.05, 0.1) is 17.1 Å². The second kappa shape index (κ2) is 7.06. The normalized spacial score (nSPS) is 11.0. The van der Waals surface area contributed by atoms with Crippen molar-refractivity contribution in [2.45, 2.75) is 33.1 Å². The first-order valence-electron chi connectivity index (χ1n) is 8.07. The van der Waals surface area contributed by atoms with Crippen LogP contribution in [0.2, 0.25) is 0 Å². The maximum Gasteiger partial charge on any atom is 0.281 e. The third-order valence-electron chi connectivity index (χ3n) is 3.85. The first kappa shape index (κ1) is 17.2. The highest BCUT2D eigenvalue weighted by atomic mass is 32.1. The van der Waals surface area contributed by atoms with Crippen LogP contribution in [0.25, 0.3) is 10.9 Å². The number of carbonyl (C=O) groups excluding carboxylic acids is 2. The van der Waals surface area contributed by atoms with Crippen LogP contribution in [0.5, 0.6) is 0 Å². The molecule has 0 bridgehead atoms. The van der Waals surface area contributed by atoms with E-state index in [0.717, 1.165) is 21.5 Å². The zero-order valence-corrected chi connectivity index (χ0v) is 15.2. The number of H-pyrrole nitrogens is 1. The summed E-state index contributed by atoms with van der Waals surface area (Å²) in [6, 6.07) is 7.78. The second-order valence-electron chi connectivity index (χ2n) is 6.16. The van der Waals surface area contributed by atoms with E-state index >= 15 is 0 Å². The first-order valence-corrected chi connectivity index (χ1v) is 8.89. The van der Waals surface area contributed by atoms with E-state index in [4.69, 9.17) is 0 Å². The Morgan fingerprint density at radius 2 is 2.00 bits per heavy atom. The SMILES string of the molecule is Cc1nc(C(C)C)sc1C(=O)NNC(=O)Cc1c[nH]c2ccccc12. The van der Waals surface area contributed by atoms with E-state index in [2.05, 4.69) is 20.8 Å². The maximum absolute atomic E-state index is 12.3. The number of nitrogens with one attached hydrogen (secondary N) is 3. The van der Waals surface area contributed by atoms with E-state index in [9.17, 15) is 9.59 Å². The summed E-state index contributed by atoms with van der Waals surface area (Å²) in [7, 11) is 0. The van der Waals surface area contributed by atoms with Gasteiger partial charge in [-0.15, -0.1) is 11.3 Å². The van der Waals surface area contributed by atoms with Crippen LogP contribution in [0.4, 0.5) is 0 Å². The molecule has 0 spiro atoms. The molecule has 1 aromatic carbocycles. The predicted molar refractivity (Wildman–Crippen MR) is 98.6 cm³/mol. The molecule has 25 heavy (non-hydrogen) atoms. The largest absolute Gasteiger partial charge is 0.361 e. The number of fused-ring (bicyclic) bond motifs is 1. The highest BCUT2D eigenvalue weighted by Crippen LogP contribution is 2.24. The van der Waals surface area contributed by atoms with Crippen molar-refractivity contribution >= 4 is 34.1 Å². The number of rotatable bonds is 4.